The minimum Gasteiger partial charge on any atom is -0.503 e. The summed E-state index contributed by atoms with van der Waals surface area (Å²) in [7, 11) is 0. The highest BCUT2D eigenvalue weighted by molar-refractivity contribution is 5.81. The Hall–Kier alpha value is -4.17. The molecule has 0 saturated carbocycles. The summed E-state index contributed by atoms with van der Waals surface area (Å²) in [6.45, 7) is 0.454. The maximum absolute atomic E-state index is 12.2. The van der Waals surface area contributed by atoms with Crippen LogP contribution < -0.4 is 14.9 Å². The Balaban J connectivity index is 1.42. The van der Waals surface area contributed by atoms with Gasteiger partial charge in [0, 0.05) is 29.4 Å². The van der Waals surface area contributed by atoms with Gasteiger partial charge in [0.2, 0.25) is 5.43 Å². The highest BCUT2D eigenvalue weighted by Gasteiger charge is 2.21. The number of pyridine rings is 1. The van der Waals surface area contributed by atoms with Gasteiger partial charge in [-0.3, -0.25) is 4.79 Å². The third kappa shape index (κ3) is 4.56. The van der Waals surface area contributed by atoms with E-state index in [-0.39, 0.29) is 11.9 Å². The van der Waals surface area contributed by atoms with Crippen molar-refractivity contribution < 1.29 is 14.6 Å². The molecule has 3 aromatic rings. The first-order valence-corrected chi connectivity index (χ1v) is 11.0. The van der Waals surface area contributed by atoms with Crippen molar-refractivity contribution in [2.45, 2.75) is 25.4 Å². The maximum atomic E-state index is 12.2. The number of aromatic hydroxyl groups is 1. The zero-order valence-corrected chi connectivity index (χ0v) is 18.0. The summed E-state index contributed by atoms with van der Waals surface area (Å²) in [5.74, 6) is 7.52. The number of rotatable bonds is 5. The Bertz CT molecular complexity index is 1370. The van der Waals surface area contributed by atoms with Gasteiger partial charge in [-0.15, -0.1) is 0 Å². The van der Waals surface area contributed by atoms with Crippen LogP contribution >= 0.6 is 0 Å². The summed E-state index contributed by atoms with van der Waals surface area (Å²) in [5, 5.41) is 10.1. The van der Waals surface area contributed by atoms with E-state index in [4.69, 9.17) is 9.47 Å². The summed E-state index contributed by atoms with van der Waals surface area (Å²) in [6.07, 6.45) is 9.36. The SMILES string of the molecule is O=c1cc(CCC2COc3ccccc3O2)n(-c2cccc(C3=CC=CCC#C3)c2)cc1O. The number of benzene rings is 2. The predicted molar refractivity (Wildman–Crippen MR) is 128 cm³/mol. The summed E-state index contributed by atoms with van der Waals surface area (Å²) in [5.41, 5.74) is 3.16. The van der Waals surface area contributed by atoms with E-state index in [2.05, 4.69) is 11.8 Å². The van der Waals surface area contributed by atoms with Gasteiger partial charge in [0.15, 0.2) is 17.2 Å². The number of allylic oxidation sites excluding steroid dienone is 4. The number of para-hydroxylation sites is 2. The first-order valence-electron chi connectivity index (χ1n) is 11.0. The molecule has 5 rings (SSSR count). The average molecular weight is 437 g/mol. The van der Waals surface area contributed by atoms with Crippen molar-refractivity contribution in [2.24, 2.45) is 0 Å². The molecule has 0 radical (unpaired) electrons. The second-order valence-corrected chi connectivity index (χ2v) is 7.99. The second-order valence-electron chi connectivity index (χ2n) is 7.99. The van der Waals surface area contributed by atoms with Crippen LogP contribution in [-0.4, -0.2) is 22.4 Å². The molecule has 0 bridgehead atoms. The Morgan fingerprint density at radius 1 is 1.09 bits per heavy atom. The molecule has 33 heavy (non-hydrogen) atoms. The van der Waals surface area contributed by atoms with Crippen LogP contribution in [0, 0.1) is 11.8 Å². The van der Waals surface area contributed by atoms with E-state index in [0.29, 0.717) is 19.4 Å². The Kier molecular flexibility index (Phi) is 5.73. The summed E-state index contributed by atoms with van der Waals surface area (Å²) in [6, 6.07) is 17.0. The molecular weight excluding hydrogens is 414 g/mol. The molecule has 0 spiro atoms. The molecule has 0 amide bonds. The molecule has 5 nitrogen and oxygen atoms in total. The first-order chi connectivity index (χ1) is 16.2. The van der Waals surface area contributed by atoms with Crippen molar-refractivity contribution in [3.8, 4) is 34.8 Å². The molecule has 1 unspecified atom stereocenters. The fourth-order valence-corrected chi connectivity index (χ4v) is 3.98. The van der Waals surface area contributed by atoms with E-state index in [1.54, 1.807) is 0 Å². The number of aromatic nitrogens is 1. The fraction of sp³-hybridized carbons (Fsp3) is 0.179. The van der Waals surface area contributed by atoms with Gasteiger partial charge in [-0.25, -0.2) is 0 Å². The highest BCUT2D eigenvalue weighted by atomic mass is 16.6. The quantitative estimate of drug-likeness (QED) is 0.590. The molecule has 0 saturated heterocycles. The number of nitrogens with zero attached hydrogens (tertiary/aromatic N) is 1. The van der Waals surface area contributed by atoms with Crippen LogP contribution in [0.1, 0.15) is 24.1 Å². The molecular formula is C28H23NO4. The molecule has 5 heteroatoms. The lowest BCUT2D eigenvalue weighted by atomic mass is 10.0. The van der Waals surface area contributed by atoms with Crippen molar-refractivity contribution >= 4 is 5.57 Å². The van der Waals surface area contributed by atoms with Crippen LogP contribution in [0.4, 0.5) is 0 Å². The summed E-state index contributed by atoms with van der Waals surface area (Å²) >= 11 is 0. The lowest BCUT2D eigenvalue weighted by Crippen LogP contribution is -2.30. The van der Waals surface area contributed by atoms with Gasteiger partial charge in [-0.05, 0) is 48.7 Å². The minimum absolute atomic E-state index is 0.123. The predicted octanol–water partition coefficient (Wildman–Crippen LogP) is 4.66. The van der Waals surface area contributed by atoms with Crippen molar-refractivity contribution in [3.05, 3.63) is 101 Å². The van der Waals surface area contributed by atoms with E-state index in [1.807, 2.05) is 71.3 Å². The number of ether oxygens (including phenoxy) is 2. The van der Waals surface area contributed by atoms with E-state index in [1.165, 1.54) is 12.3 Å². The van der Waals surface area contributed by atoms with E-state index < -0.39 is 5.43 Å². The number of aryl methyl sites for hydroxylation is 1. The van der Waals surface area contributed by atoms with Crippen molar-refractivity contribution in [2.75, 3.05) is 6.61 Å². The van der Waals surface area contributed by atoms with Gasteiger partial charge < -0.3 is 19.1 Å². The summed E-state index contributed by atoms with van der Waals surface area (Å²) < 4.78 is 13.7. The molecule has 1 aromatic heterocycles. The minimum atomic E-state index is -0.397. The monoisotopic (exact) mass is 437 g/mol. The summed E-state index contributed by atoms with van der Waals surface area (Å²) in [4.78, 5) is 12.2. The lowest BCUT2D eigenvalue weighted by molar-refractivity contribution is 0.0848. The average Bonchev–Trinajstić information content (AvgIpc) is 3.14. The Labute approximate surface area is 192 Å². The van der Waals surface area contributed by atoms with Crippen LogP contribution in [0.5, 0.6) is 17.2 Å². The highest BCUT2D eigenvalue weighted by Crippen LogP contribution is 2.32. The number of hydrogen-bond acceptors (Lipinski definition) is 4. The molecule has 164 valence electrons. The molecule has 1 atom stereocenters. The molecule has 0 fully saturated rings. The van der Waals surface area contributed by atoms with Gasteiger partial charge in [0.1, 0.15) is 12.7 Å². The van der Waals surface area contributed by atoms with Crippen LogP contribution in [0.2, 0.25) is 0 Å². The Morgan fingerprint density at radius 2 is 1.97 bits per heavy atom. The molecule has 2 aromatic carbocycles. The zero-order chi connectivity index (χ0) is 22.6. The van der Waals surface area contributed by atoms with Crippen molar-refractivity contribution in [1.29, 1.82) is 0 Å². The Morgan fingerprint density at radius 3 is 2.88 bits per heavy atom. The third-order valence-electron chi connectivity index (χ3n) is 5.68. The first kappa shape index (κ1) is 20.7. The van der Waals surface area contributed by atoms with Gasteiger partial charge in [0.05, 0.1) is 6.20 Å². The smallest absolute Gasteiger partial charge is 0.223 e. The number of fused-ring (bicyclic) bond motifs is 1. The third-order valence-corrected chi connectivity index (χ3v) is 5.68. The lowest BCUT2D eigenvalue weighted by Gasteiger charge is -2.26. The van der Waals surface area contributed by atoms with Gasteiger partial charge in [0.25, 0.3) is 0 Å². The van der Waals surface area contributed by atoms with Gasteiger partial charge in [-0.2, -0.15) is 0 Å². The van der Waals surface area contributed by atoms with Crippen LogP contribution in [-0.2, 0) is 6.42 Å². The fourth-order valence-electron chi connectivity index (χ4n) is 3.98. The normalized spacial score (nSPS) is 16.4. The van der Waals surface area contributed by atoms with Crippen LogP contribution in [0.3, 0.4) is 0 Å². The van der Waals surface area contributed by atoms with Crippen LogP contribution in [0.15, 0.2) is 83.8 Å². The largest absolute Gasteiger partial charge is 0.503 e. The maximum Gasteiger partial charge on any atom is 0.223 e. The van der Waals surface area contributed by atoms with E-state index >= 15 is 0 Å². The van der Waals surface area contributed by atoms with Crippen molar-refractivity contribution in [1.82, 2.24) is 4.57 Å². The molecule has 2 aliphatic rings. The number of hydrogen-bond donors (Lipinski definition) is 1. The van der Waals surface area contributed by atoms with Gasteiger partial charge in [-0.1, -0.05) is 48.3 Å². The molecule has 2 heterocycles. The molecule has 1 aliphatic carbocycles. The van der Waals surface area contributed by atoms with Gasteiger partial charge >= 0.3 is 0 Å². The van der Waals surface area contributed by atoms with Crippen molar-refractivity contribution in [3.63, 3.8) is 0 Å². The van der Waals surface area contributed by atoms with E-state index in [0.717, 1.165) is 40.4 Å². The second kappa shape index (κ2) is 9.13. The molecule has 1 N–H and O–H groups in total. The zero-order valence-electron chi connectivity index (χ0n) is 18.0. The standard InChI is InChI=1S/C28H23NO4/c30-25-17-23(14-15-24-19-32-27-12-5-6-13-28(27)33-24)29(18-26(25)31)22-11-7-10-21(16-22)20-8-3-1-2-4-9-20/h1,3,5-8,10-13,16-18,24,31H,2,14-15,19H2. The molecule has 1 aliphatic heterocycles. The topological polar surface area (TPSA) is 60.7 Å². The van der Waals surface area contributed by atoms with E-state index in [9.17, 15) is 9.90 Å². The van der Waals surface area contributed by atoms with Crippen LogP contribution in [0.25, 0.3) is 11.3 Å².